The van der Waals surface area contributed by atoms with Crippen LogP contribution in [0.4, 0.5) is 0 Å². The van der Waals surface area contributed by atoms with Crippen LogP contribution in [0.1, 0.15) is 15.9 Å². The first-order valence-electron chi connectivity index (χ1n) is 8.64. The SMILES string of the molecule is O=C1NCCc2ccc(-n3ccnc3-c3ccc4c(c3)OCCO4)cc21. The Morgan fingerprint density at radius 3 is 2.85 bits per heavy atom. The van der Waals surface area contributed by atoms with Gasteiger partial charge in [0.05, 0.1) is 0 Å². The molecule has 0 saturated heterocycles. The number of aromatic nitrogens is 2. The van der Waals surface area contributed by atoms with Crippen LogP contribution in [0.15, 0.2) is 48.8 Å². The van der Waals surface area contributed by atoms with Crippen LogP contribution in [0.2, 0.25) is 0 Å². The van der Waals surface area contributed by atoms with Gasteiger partial charge in [-0.1, -0.05) is 6.07 Å². The Hall–Kier alpha value is -3.28. The highest BCUT2D eigenvalue weighted by molar-refractivity contribution is 5.97. The molecule has 1 N–H and O–H groups in total. The van der Waals surface area contributed by atoms with Crippen molar-refractivity contribution in [2.24, 2.45) is 0 Å². The van der Waals surface area contributed by atoms with Gasteiger partial charge in [0, 0.05) is 35.8 Å². The summed E-state index contributed by atoms with van der Waals surface area (Å²) in [4.78, 5) is 16.7. The molecule has 2 aliphatic heterocycles. The van der Waals surface area contributed by atoms with Crippen LogP contribution < -0.4 is 14.8 Å². The molecule has 0 spiro atoms. The monoisotopic (exact) mass is 347 g/mol. The summed E-state index contributed by atoms with van der Waals surface area (Å²) in [6.07, 6.45) is 4.51. The number of carbonyl (C=O) groups is 1. The first kappa shape index (κ1) is 15.0. The van der Waals surface area contributed by atoms with E-state index in [2.05, 4.69) is 10.3 Å². The molecule has 0 atom stereocenters. The second kappa shape index (κ2) is 5.91. The molecule has 2 aliphatic rings. The van der Waals surface area contributed by atoms with Gasteiger partial charge in [0.15, 0.2) is 11.5 Å². The highest BCUT2D eigenvalue weighted by Crippen LogP contribution is 2.34. The summed E-state index contributed by atoms with van der Waals surface area (Å²) in [7, 11) is 0. The predicted molar refractivity (Wildman–Crippen MR) is 96.0 cm³/mol. The van der Waals surface area contributed by atoms with Gasteiger partial charge in [-0.15, -0.1) is 0 Å². The second-order valence-corrected chi connectivity index (χ2v) is 6.33. The molecule has 2 aromatic carbocycles. The highest BCUT2D eigenvalue weighted by atomic mass is 16.6. The lowest BCUT2D eigenvalue weighted by Gasteiger charge is -2.19. The van der Waals surface area contributed by atoms with Crippen molar-refractivity contribution in [3.05, 3.63) is 59.9 Å². The number of hydrogen-bond donors (Lipinski definition) is 1. The van der Waals surface area contributed by atoms with E-state index in [0.717, 1.165) is 46.1 Å². The Morgan fingerprint density at radius 1 is 1.04 bits per heavy atom. The van der Waals surface area contributed by atoms with Crippen molar-refractivity contribution in [1.29, 1.82) is 0 Å². The fourth-order valence-electron chi connectivity index (χ4n) is 3.46. The average Bonchev–Trinajstić information content (AvgIpc) is 3.17. The van der Waals surface area contributed by atoms with E-state index in [0.29, 0.717) is 19.8 Å². The minimum absolute atomic E-state index is 0.0194. The minimum Gasteiger partial charge on any atom is -0.486 e. The van der Waals surface area contributed by atoms with Crippen molar-refractivity contribution >= 4 is 5.91 Å². The maximum atomic E-state index is 12.2. The third kappa shape index (κ3) is 2.42. The maximum absolute atomic E-state index is 12.2. The summed E-state index contributed by atoms with van der Waals surface area (Å²) < 4.78 is 13.2. The van der Waals surface area contributed by atoms with E-state index in [9.17, 15) is 4.79 Å². The number of nitrogens with one attached hydrogen (secondary N) is 1. The van der Waals surface area contributed by atoms with Gasteiger partial charge in [-0.2, -0.15) is 0 Å². The molecule has 26 heavy (non-hydrogen) atoms. The van der Waals surface area contributed by atoms with Gasteiger partial charge >= 0.3 is 0 Å². The third-order valence-electron chi connectivity index (χ3n) is 4.74. The summed E-state index contributed by atoms with van der Waals surface area (Å²) in [5.74, 6) is 2.25. The van der Waals surface area contributed by atoms with E-state index >= 15 is 0 Å². The molecule has 3 heterocycles. The Kier molecular flexibility index (Phi) is 3.41. The lowest BCUT2D eigenvalue weighted by molar-refractivity contribution is 0.0946. The Labute approximate surface area is 150 Å². The molecule has 5 rings (SSSR count). The predicted octanol–water partition coefficient (Wildman–Crippen LogP) is 2.60. The van der Waals surface area contributed by atoms with Crippen LogP contribution in [-0.4, -0.2) is 35.2 Å². The van der Waals surface area contributed by atoms with Crippen molar-refractivity contribution in [3.8, 4) is 28.6 Å². The van der Waals surface area contributed by atoms with Crippen molar-refractivity contribution in [1.82, 2.24) is 14.9 Å². The van der Waals surface area contributed by atoms with E-state index in [-0.39, 0.29) is 5.91 Å². The molecule has 3 aromatic rings. The molecular weight excluding hydrogens is 330 g/mol. The number of nitrogens with zero attached hydrogens (tertiary/aromatic N) is 2. The van der Waals surface area contributed by atoms with E-state index in [1.165, 1.54) is 0 Å². The zero-order valence-electron chi connectivity index (χ0n) is 14.1. The van der Waals surface area contributed by atoms with E-state index in [4.69, 9.17) is 9.47 Å². The van der Waals surface area contributed by atoms with E-state index < -0.39 is 0 Å². The quantitative estimate of drug-likeness (QED) is 0.774. The van der Waals surface area contributed by atoms with Gasteiger partial charge in [-0.05, 0) is 42.3 Å². The normalized spacial score (nSPS) is 15.3. The third-order valence-corrected chi connectivity index (χ3v) is 4.74. The first-order chi connectivity index (χ1) is 12.8. The zero-order valence-corrected chi connectivity index (χ0v) is 14.1. The molecule has 1 amide bonds. The van der Waals surface area contributed by atoms with Crippen molar-refractivity contribution in [3.63, 3.8) is 0 Å². The number of benzene rings is 2. The van der Waals surface area contributed by atoms with Crippen LogP contribution in [0.25, 0.3) is 17.1 Å². The number of amides is 1. The highest BCUT2D eigenvalue weighted by Gasteiger charge is 2.19. The van der Waals surface area contributed by atoms with Gasteiger partial charge in [0.25, 0.3) is 5.91 Å². The van der Waals surface area contributed by atoms with Crippen LogP contribution in [0.5, 0.6) is 11.5 Å². The Balaban J connectivity index is 1.58. The van der Waals surface area contributed by atoms with Gasteiger partial charge in [0.2, 0.25) is 0 Å². The standard InChI is InChI=1S/C20H17N3O3/c24-20-16-12-15(3-1-13(16)5-6-22-20)23-8-7-21-19(23)14-2-4-17-18(11-14)26-10-9-25-17/h1-4,7-8,11-12H,5-6,9-10H2,(H,22,24). The molecule has 0 saturated carbocycles. The van der Waals surface area contributed by atoms with Crippen LogP contribution in [0.3, 0.4) is 0 Å². The fourth-order valence-corrected chi connectivity index (χ4v) is 3.46. The first-order valence-corrected chi connectivity index (χ1v) is 8.64. The number of rotatable bonds is 2. The summed E-state index contributed by atoms with van der Waals surface area (Å²) >= 11 is 0. The molecule has 0 radical (unpaired) electrons. The largest absolute Gasteiger partial charge is 0.486 e. The second-order valence-electron chi connectivity index (χ2n) is 6.33. The number of imidazole rings is 1. The van der Waals surface area contributed by atoms with E-state index in [1.807, 2.05) is 47.2 Å². The molecule has 0 unspecified atom stereocenters. The van der Waals surface area contributed by atoms with Crippen molar-refractivity contribution in [2.45, 2.75) is 6.42 Å². The van der Waals surface area contributed by atoms with Gasteiger partial charge in [-0.25, -0.2) is 4.98 Å². The summed E-state index contributed by atoms with van der Waals surface area (Å²) in [6.45, 7) is 1.81. The molecule has 0 fully saturated rings. The molecular formula is C20H17N3O3. The van der Waals surface area contributed by atoms with Crippen molar-refractivity contribution < 1.29 is 14.3 Å². The number of ether oxygens (including phenoxy) is 2. The lowest BCUT2D eigenvalue weighted by Crippen LogP contribution is -2.31. The summed E-state index contributed by atoms with van der Waals surface area (Å²) in [5, 5.41) is 2.90. The van der Waals surface area contributed by atoms with Crippen LogP contribution in [-0.2, 0) is 6.42 Å². The molecule has 130 valence electrons. The average molecular weight is 347 g/mol. The Bertz CT molecular complexity index is 1010. The minimum atomic E-state index is -0.0194. The number of hydrogen-bond acceptors (Lipinski definition) is 4. The van der Waals surface area contributed by atoms with Gasteiger partial charge in [-0.3, -0.25) is 9.36 Å². The van der Waals surface area contributed by atoms with Crippen LogP contribution >= 0.6 is 0 Å². The molecule has 6 nitrogen and oxygen atoms in total. The van der Waals surface area contributed by atoms with Crippen LogP contribution in [0, 0.1) is 0 Å². The fraction of sp³-hybridized carbons (Fsp3) is 0.200. The van der Waals surface area contributed by atoms with E-state index in [1.54, 1.807) is 6.20 Å². The topological polar surface area (TPSA) is 65.4 Å². The van der Waals surface area contributed by atoms with Gasteiger partial charge < -0.3 is 14.8 Å². The summed E-state index contributed by atoms with van der Waals surface area (Å²) in [6, 6.07) is 11.8. The lowest BCUT2D eigenvalue weighted by atomic mass is 9.99. The molecule has 1 aromatic heterocycles. The Morgan fingerprint density at radius 2 is 1.92 bits per heavy atom. The number of carbonyl (C=O) groups excluding carboxylic acids is 1. The summed E-state index contributed by atoms with van der Waals surface area (Å²) in [5.41, 5.74) is 3.65. The molecule has 6 heteroatoms. The maximum Gasteiger partial charge on any atom is 0.251 e. The smallest absolute Gasteiger partial charge is 0.251 e. The van der Waals surface area contributed by atoms with Gasteiger partial charge in [0.1, 0.15) is 19.0 Å². The molecule has 0 bridgehead atoms. The number of fused-ring (bicyclic) bond motifs is 2. The zero-order chi connectivity index (χ0) is 17.5. The molecule has 0 aliphatic carbocycles. The van der Waals surface area contributed by atoms with Crippen molar-refractivity contribution in [2.75, 3.05) is 19.8 Å².